The van der Waals surface area contributed by atoms with E-state index in [2.05, 4.69) is 13.5 Å². The first-order valence-electron chi connectivity index (χ1n) is 4.65. The zero-order valence-electron chi connectivity index (χ0n) is 8.25. The molecule has 3 heteroatoms. The van der Waals surface area contributed by atoms with Gasteiger partial charge in [-0.15, -0.1) is 6.58 Å². The minimum atomic E-state index is -0.0787. The fourth-order valence-electron chi connectivity index (χ4n) is 0.725. The molecule has 0 aliphatic heterocycles. The third-order valence-electron chi connectivity index (χ3n) is 1.45. The van der Waals surface area contributed by atoms with Gasteiger partial charge in [0, 0.05) is 11.5 Å². The Balaban J connectivity index is 3.15. The van der Waals surface area contributed by atoms with E-state index >= 15 is 0 Å². The van der Waals surface area contributed by atoms with Crippen LogP contribution in [0.15, 0.2) is 12.7 Å². The van der Waals surface area contributed by atoms with E-state index in [1.807, 2.05) is 6.08 Å². The van der Waals surface area contributed by atoms with E-state index in [1.54, 1.807) is 11.8 Å². The van der Waals surface area contributed by atoms with Gasteiger partial charge in [0.2, 0.25) is 0 Å². The van der Waals surface area contributed by atoms with Crippen LogP contribution in [-0.2, 0) is 9.53 Å². The van der Waals surface area contributed by atoms with Gasteiger partial charge in [-0.3, -0.25) is 4.79 Å². The minimum Gasteiger partial charge on any atom is -0.466 e. The maximum atomic E-state index is 11.0. The predicted molar refractivity (Wildman–Crippen MR) is 58.0 cm³/mol. The van der Waals surface area contributed by atoms with Crippen molar-refractivity contribution in [3.05, 3.63) is 12.7 Å². The zero-order chi connectivity index (χ0) is 9.94. The summed E-state index contributed by atoms with van der Waals surface area (Å²) >= 11 is 1.70. The van der Waals surface area contributed by atoms with Crippen molar-refractivity contribution in [1.29, 1.82) is 0 Å². The predicted octanol–water partition coefficient (Wildman–Crippen LogP) is 2.64. The number of carbonyl (C=O) groups is 1. The summed E-state index contributed by atoms with van der Waals surface area (Å²) in [6.45, 7) is 6.25. The number of rotatable bonds is 8. The standard InChI is InChI=1S/C10H18O2S/c1-3-5-7-12-10(11)6-9-13-8-4-2/h4H,2-3,5-9H2,1H3. The quantitative estimate of drug-likeness (QED) is 0.344. The number of thioether (sulfide) groups is 1. The van der Waals surface area contributed by atoms with Crippen molar-refractivity contribution in [2.75, 3.05) is 18.1 Å². The molecule has 0 saturated heterocycles. The van der Waals surface area contributed by atoms with Crippen molar-refractivity contribution >= 4 is 17.7 Å². The van der Waals surface area contributed by atoms with Gasteiger partial charge < -0.3 is 4.74 Å². The van der Waals surface area contributed by atoms with Crippen molar-refractivity contribution in [1.82, 2.24) is 0 Å². The number of hydrogen-bond donors (Lipinski definition) is 0. The molecular formula is C10H18O2S. The van der Waals surface area contributed by atoms with Crippen molar-refractivity contribution in [2.24, 2.45) is 0 Å². The van der Waals surface area contributed by atoms with Gasteiger partial charge in [-0.2, -0.15) is 11.8 Å². The Morgan fingerprint density at radius 3 is 3.00 bits per heavy atom. The molecular weight excluding hydrogens is 184 g/mol. The summed E-state index contributed by atoms with van der Waals surface area (Å²) in [5.41, 5.74) is 0. The summed E-state index contributed by atoms with van der Waals surface area (Å²) in [7, 11) is 0. The summed E-state index contributed by atoms with van der Waals surface area (Å²) in [6, 6.07) is 0. The largest absolute Gasteiger partial charge is 0.466 e. The molecule has 0 saturated carbocycles. The first kappa shape index (κ1) is 12.6. The van der Waals surface area contributed by atoms with Crippen molar-refractivity contribution in [3.8, 4) is 0 Å². The summed E-state index contributed by atoms with van der Waals surface area (Å²) in [6.07, 6.45) is 4.39. The Morgan fingerprint density at radius 2 is 2.38 bits per heavy atom. The molecule has 76 valence electrons. The summed E-state index contributed by atoms with van der Waals surface area (Å²) in [5, 5.41) is 0. The van der Waals surface area contributed by atoms with Crippen LogP contribution in [0.3, 0.4) is 0 Å². The first-order valence-corrected chi connectivity index (χ1v) is 5.81. The van der Waals surface area contributed by atoms with Gasteiger partial charge in [0.15, 0.2) is 0 Å². The highest BCUT2D eigenvalue weighted by Gasteiger charge is 2.00. The fraction of sp³-hybridized carbons (Fsp3) is 0.700. The smallest absolute Gasteiger partial charge is 0.306 e. The summed E-state index contributed by atoms with van der Waals surface area (Å²) < 4.78 is 4.98. The Morgan fingerprint density at radius 1 is 1.62 bits per heavy atom. The number of carbonyl (C=O) groups excluding carboxylic acids is 1. The molecule has 0 aromatic heterocycles. The van der Waals surface area contributed by atoms with Gasteiger partial charge in [0.05, 0.1) is 13.0 Å². The first-order chi connectivity index (χ1) is 6.31. The van der Waals surface area contributed by atoms with Gasteiger partial charge >= 0.3 is 5.97 Å². The molecule has 13 heavy (non-hydrogen) atoms. The van der Waals surface area contributed by atoms with Crippen LogP contribution in [0.2, 0.25) is 0 Å². The lowest BCUT2D eigenvalue weighted by Gasteiger charge is -2.02. The normalized spacial score (nSPS) is 9.62. The second-order valence-electron chi connectivity index (χ2n) is 2.69. The molecule has 0 radical (unpaired) electrons. The van der Waals surface area contributed by atoms with Crippen LogP contribution in [0, 0.1) is 0 Å². The van der Waals surface area contributed by atoms with E-state index in [1.165, 1.54) is 0 Å². The Labute approximate surface area is 84.7 Å². The van der Waals surface area contributed by atoms with Crippen LogP contribution in [0.5, 0.6) is 0 Å². The van der Waals surface area contributed by atoms with Crippen LogP contribution >= 0.6 is 11.8 Å². The average molecular weight is 202 g/mol. The second-order valence-corrected chi connectivity index (χ2v) is 3.84. The maximum Gasteiger partial charge on any atom is 0.306 e. The Hall–Kier alpha value is -0.440. The molecule has 0 atom stereocenters. The van der Waals surface area contributed by atoms with Gasteiger partial charge in [-0.1, -0.05) is 19.4 Å². The van der Waals surface area contributed by atoms with E-state index in [4.69, 9.17) is 4.74 Å². The van der Waals surface area contributed by atoms with E-state index < -0.39 is 0 Å². The molecule has 0 spiro atoms. The van der Waals surface area contributed by atoms with Crippen molar-refractivity contribution in [3.63, 3.8) is 0 Å². The monoisotopic (exact) mass is 202 g/mol. The molecule has 0 rings (SSSR count). The van der Waals surface area contributed by atoms with E-state index in [-0.39, 0.29) is 5.97 Å². The highest BCUT2D eigenvalue weighted by atomic mass is 32.2. The van der Waals surface area contributed by atoms with Gasteiger partial charge in [-0.05, 0) is 6.42 Å². The Kier molecular flexibility index (Phi) is 9.32. The van der Waals surface area contributed by atoms with E-state index in [0.29, 0.717) is 13.0 Å². The third-order valence-corrected chi connectivity index (χ3v) is 2.41. The van der Waals surface area contributed by atoms with Crippen molar-refractivity contribution in [2.45, 2.75) is 26.2 Å². The molecule has 0 fully saturated rings. The number of ether oxygens (including phenoxy) is 1. The SMILES string of the molecule is C=CCSCCC(=O)OCCCC. The van der Waals surface area contributed by atoms with E-state index in [0.717, 1.165) is 24.3 Å². The Bertz CT molecular complexity index is 146. The molecule has 0 aromatic carbocycles. The highest BCUT2D eigenvalue weighted by molar-refractivity contribution is 7.99. The number of hydrogen-bond acceptors (Lipinski definition) is 3. The maximum absolute atomic E-state index is 11.0. The summed E-state index contributed by atoms with van der Waals surface area (Å²) in [5.74, 6) is 1.66. The summed E-state index contributed by atoms with van der Waals surface area (Å²) in [4.78, 5) is 11.0. The fourth-order valence-corrected chi connectivity index (χ4v) is 1.37. The molecule has 0 aliphatic carbocycles. The molecule has 2 nitrogen and oxygen atoms in total. The molecule has 0 aliphatic rings. The molecule has 0 aromatic rings. The second kappa shape index (κ2) is 9.65. The molecule has 0 unspecified atom stereocenters. The van der Waals surface area contributed by atoms with Gasteiger partial charge in [0.1, 0.15) is 0 Å². The molecule has 0 heterocycles. The lowest BCUT2D eigenvalue weighted by molar-refractivity contribution is -0.143. The number of unbranched alkanes of at least 4 members (excludes halogenated alkanes) is 1. The number of esters is 1. The lowest BCUT2D eigenvalue weighted by atomic mass is 10.4. The van der Waals surface area contributed by atoms with Crippen molar-refractivity contribution < 1.29 is 9.53 Å². The van der Waals surface area contributed by atoms with Crippen LogP contribution < -0.4 is 0 Å². The topological polar surface area (TPSA) is 26.3 Å². The van der Waals surface area contributed by atoms with Crippen LogP contribution in [-0.4, -0.2) is 24.1 Å². The van der Waals surface area contributed by atoms with Gasteiger partial charge in [-0.25, -0.2) is 0 Å². The van der Waals surface area contributed by atoms with Crippen LogP contribution in [0.25, 0.3) is 0 Å². The van der Waals surface area contributed by atoms with Crippen LogP contribution in [0.4, 0.5) is 0 Å². The average Bonchev–Trinajstić information content (AvgIpc) is 2.13. The van der Waals surface area contributed by atoms with E-state index in [9.17, 15) is 4.79 Å². The lowest BCUT2D eigenvalue weighted by Crippen LogP contribution is -2.06. The molecule has 0 bridgehead atoms. The minimum absolute atomic E-state index is 0.0787. The molecule has 0 N–H and O–H groups in total. The zero-order valence-corrected chi connectivity index (χ0v) is 9.07. The highest BCUT2D eigenvalue weighted by Crippen LogP contribution is 2.03. The molecule has 0 amide bonds. The van der Waals surface area contributed by atoms with Crippen LogP contribution in [0.1, 0.15) is 26.2 Å². The third kappa shape index (κ3) is 9.47. The van der Waals surface area contributed by atoms with Gasteiger partial charge in [0.25, 0.3) is 0 Å².